The predicted molar refractivity (Wildman–Crippen MR) is 108 cm³/mol. The van der Waals surface area contributed by atoms with Crippen LogP contribution in [0.3, 0.4) is 0 Å². The Kier molecular flexibility index (Phi) is 6.72. The molecule has 1 aromatic rings. The Morgan fingerprint density at radius 2 is 1.86 bits per heavy atom. The van der Waals surface area contributed by atoms with Crippen molar-refractivity contribution in [1.29, 1.82) is 0 Å². The molecule has 8 heteroatoms. The van der Waals surface area contributed by atoms with Gasteiger partial charge < -0.3 is 24.8 Å². The van der Waals surface area contributed by atoms with Crippen molar-refractivity contribution in [1.82, 2.24) is 15.1 Å². The van der Waals surface area contributed by atoms with Crippen molar-refractivity contribution in [2.75, 3.05) is 72.0 Å². The minimum atomic E-state index is -0.415. The molecule has 0 spiro atoms. The van der Waals surface area contributed by atoms with E-state index in [1.54, 1.807) is 7.05 Å². The minimum absolute atomic E-state index is 0.0563. The number of nitrogens with one attached hydrogen (secondary N) is 1. The summed E-state index contributed by atoms with van der Waals surface area (Å²) in [6.07, 6.45) is 1.97. The molecular formula is C20H31F2N5O. The molecule has 1 aromatic carbocycles. The standard InChI is InChI=1S/C20H31F2N5O/c1-23-19(24-15-20(25(2)3)6-12-28-13-7-20)27-10-8-26(9-11-27)18-14-16(21)4-5-17(18)22/h4-5,14H,6-13,15H2,1-3H3,(H,23,24). The quantitative estimate of drug-likeness (QED) is 0.622. The summed E-state index contributed by atoms with van der Waals surface area (Å²) in [6, 6.07) is 3.61. The molecule has 0 aromatic heterocycles. The summed E-state index contributed by atoms with van der Waals surface area (Å²) in [6.45, 7) is 4.99. The Balaban J connectivity index is 1.58. The Bertz CT molecular complexity index is 683. The number of benzene rings is 1. The second-order valence-corrected chi connectivity index (χ2v) is 7.70. The average Bonchev–Trinajstić information content (AvgIpc) is 2.71. The van der Waals surface area contributed by atoms with E-state index < -0.39 is 5.82 Å². The van der Waals surface area contributed by atoms with Crippen molar-refractivity contribution in [2.24, 2.45) is 4.99 Å². The summed E-state index contributed by atoms with van der Waals surface area (Å²) in [5, 5.41) is 3.53. The van der Waals surface area contributed by atoms with Gasteiger partial charge in [0.2, 0.25) is 0 Å². The maximum absolute atomic E-state index is 14.0. The van der Waals surface area contributed by atoms with Gasteiger partial charge in [0.05, 0.1) is 5.69 Å². The highest BCUT2D eigenvalue weighted by Crippen LogP contribution is 2.25. The fraction of sp³-hybridized carbons (Fsp3) is 0.650. The Labute approximate surface area is 166 Å². The number of aliphatic imine (C=N–C) groups is 1. The molecule has 2 fully saturated rings. The van der Waals surface area contributed by atoms with Crippen LogP contribution >= 0.6 is 0 Å². The first-order valence-electron chi connectivity index (χ1n) is 9.86. The normalized spacial score (nSPS) is 20.6. The van der Waals surface area contributed by atoms with Gasteiger partial charge in [-0.05, 0) is 39.1 Å². The smallest absolute Gasteiger partial charge is 0.193 e. The highest BCUT2D eigenvalue weighted by atomic mass is 19.1. The lowest BCUT2D eigenvalue weighted by atomic mass is 9.88. The van der Waals surface area contributed by atoms with Crippen molar-refractivity contribution in [3.63, 3.8) is 0 Å². The first-order chi connectivity index (χ1) is 13.4. The molecule has 2 aliphatic heterocycles. The largest absolute Gasteiger partial charge is 0.381 e. The Morgan fingerprint density at radius 3 is 2.46 bits per heavy atom. The fourth-order valence-corrected chi connectivity index (χ4v) is 4.00. The number of ether oxygens (including phenoxy) is 1. The highest BCUT2D eigenvalue weighted by molar-refractivity contribution is 5.80. The fourth-order valence-electron chi connectivity index (χ4n) is 4.00. The monoisotopic (exact) mass is 395 g/mol. The van der Waals surface area contributed by atoms with E-state index in [9.17, 15) is 8.78 Å². The van der Waals surface area contributed by atoms with Crippen molar-refractivity contribution in [3.05, 3.63) is 29.8 Å². The molecule has 0 radical (unpaired) electrons. The van der Waals surface area contributed by atoms with Crippen molar-refractivity contribution in [3.8, 4) is 0 Å². The van der Waals surface area contributed by atoms with E-state index in [4.69, 9.17) is 4.74 Å². The van der Waals surface area contributed by atoms with Crippen LogP contribution in [0.5, 0.6) is 0 Å². The van der Waals surface area contributed by atoms with Gasteiger partial charge in [0.15, 0.2) is 5.96 Å². The van der Waals surface area contributed by atoms with E-state index in [0.29, 0.717) is 31.9 Å². The third-order valence-electron chi connectivity index (χ3n) is 5.99. The molecule has 2 saturated heterocycles. The third-order valence-corrected chi connectivity index (χ3v) is 5.99. The molecule has 2 heterocycles. The van der Waals surface area contributed by atoms with Crippen LogP contribution in [0.4, 0.5) is 14.5 Å². The van der Waals surface area contributed by atoms with Gasteiger partial charge in [-0.2, -0.15) is 0 Å². The zero-order valence-corrected chi connectivity index (χ0v) is 17.0. The number of nitrogens with zero attached hydrogens (tertiary/aromatic N) is 4. The minimum Gasteiger partial charge on any atom is -0.381 e. The first kappa shape index (κ1) is 20.8. The molecule has 3 rings (SSSR count). The molecule has 0 amide bonds. The summed E-state index contributed by atoms with van der Waals surface area (Å²) in [7, 11) is 6.01. The van der Waals surface area contributed by atoms with Crippen LogP contribution in [-0.4, -0.2) is 88.4 Å². The second-order valence-electron chi connectivity index (χ2n) is 7.70. The molecule has 0 unspecified atom stereocenters. The topological polar surface area (TPSA) is 43.3 Å². The summed E-state index contributed by atoms with van der Waals surface area (Å²) >= 11 is 0. The summed E-state index contributed by atoms with van der Waals surface area (Å²) < 4.78 is 33.1. The third kappa shape index (κ3) is 4.55. The first-order valence-corrected chi connectivity index (χ1v) is 9.86. The van der Waals surface area contributed by atoms with Crippen molar-refractivity contribution in [2.45, 2.75) is 18.4 Å². The highest BCUT2D eigenvalue weighted by Gasteiger charge is 2.35. The molecule has 2 aliphatic rings. The SMILES string of the molecule is CN=C(NCC1(N(C)C)CCOCC1)N1CCN(c2cc(F)ccc2F)CC1. The molecule has 0 atom stereocenters. The predicted octanol–water partition coefficient (Wildman–Crippen LogP) is 1.77. The number of piperazine rings is 1. The van der Waals surface area contributed by atoms with E-state index in [1.807, 2.05) is 4.90 Å². The zero-order valence-electron chi connectivity index (χ0n) is 17.0. The van der Waals surface area contributed by atoms with Gasteiger partial charge in [-0.1, -0.05) is 0 Å². The molecule has 0 bridgehead atoms. The maximum Gasteiger partial charge on any atom is 0.193 e. The molecular weight excluding hydrogens is 364 g/mol. The van der Waals surface area contributed by atoms with Gasteiger partial charge in [-0.3, -0.25) is 4.99 Å². The van der Waals surface area contributed by atoms with E-state index in [2.05, 4.69) is 34.2 Å². The summed E-state index contributed by atoms with van der Waals surface area (Å²) in [5.41, 5.74) is 0.386. The van der Waals surface area contributed by atoms with Crippen LogP contribution in [0.1, 0.15) is 12.8 Å². The number of hydrogen-bond donors (Lipinski definition) is 1. The molecule has 6 nitrogen and oxygen atoms in total. The van der Waals surface area contributed by atoms with Gasteiger partial charge in [-0.25, -0.2) is 8.78 Å². The number of rotatable bonds is 4. The number of likely N-dealkylation sites (N-methyl/N-ethyl adjacent to an activating group) is 1. The van der Waals surface area contributed by atoms with Gasteiger partial charge in [0, 0.05) is 64.6 Å². The maximum atomic E-state index is 14.0. The van der Waals surface area contributed by atoms with Gasteiger partial charge in [-0.15, -0.1) is 0 Å². The lowest BCUT2D eigenvalue weighted by Crippen LogP contribution is -2.59. The molecule has 0 saturated carbocycles. The van der Waals surface area contributed by atoms with E-state index in [-0.39, 0.29) is 11.4 Å². The lowest BCUT2D eigenvalue weighted by molar-refractivity contribution is -0.00526. The second kappa shape index (κ2) is 9.05. The average molecular weight is 395 g/mol. The van der Waals surface area contributed by atoms with Crippen LogP contribution in [0, 0.1) is 11.6 Å². The molecule has 1 N–H and O–H groups in total. The van der Waals surface area contributed by atoms with Crippen molar-refractivity contribution >= 4 is 11.6 Å². The molecule has 156 valence electrons. The van der Waals surface area contributed by atoms with Gasteiger partial charge in [0.1, 0.15) is 11.6 Å². The number of guanidine groups is 1. The van der Waals surface area contributed by atoms with Crippen LogP contribution in [0.25, 0.3) is 0 Å². The zero-order chi connectivity index (χ0) is 20.1. The van der Waals surface area contributed by atoms with Gasteiger partial charge in [0.25, 0.3) is 0 Å². The van der Waals surface area contributed by atoms with Crippen LogP contribution in [-0.2, 0) is 4.74 Å². The Hall–Kier alpha value is -1.93. The lowest BCUT2D eigenvalue weighted by Gasteiger charge is -2.44. The Morgan fingerprint density at radius 1 is 1.18 bits per heavy atom. The van der Waals surface area contributed by atoms with Crippen molar-refractivity contribution < 1.29 is 13.5 Å². The summed E-state index contributed by atoms with van der Waals surface area (Å²) in [5.74, 6) is 0.0543. The summed E-state index contributed by atoms with van der Waals surface area (Å²) in [4.78, 5) is 10.8. The van der Waals surface area contributed by atoms with Crippen LogP contribution < -0.4 is 10.2 Å². The molecule has 28 heavy (non-hydrogen) atoms. The van der Waals surface area contributed by atoms with Gasteiger partial charge >= 0.3 is 0 Å². The van der Waals surface area contributed by atoms with Crippen LogP contribution in [0.15, 0.2) is 23.2 Å². The number of halogens is 2. The number of hydrogen-bond acceptors (Lipinski definition) is 4. The van der Waals surface area contributed by atoms with E-state index in [1.165, 1.54) is 12.1 Å². The van der Waals surface area contributed by atoms with E-state index in [0.717, 1.165) is 44.6 Å². The van der Waals surface area contributed by atoms with E-state index >= 15 is 0 Å². The van der Waals surface area contributed by atoms with Crippen LogP contribution in [0.2, 0.25) is 0 Å². The number of anilines is 1. The molecule has 0 aliphatic carbocycles.